The summed E-state index contributed by atoms with van der Waals surface area (Å²) in [5.41, 5.74) is 1.36. The Hall–Kier alpha value is -1.55. The first kappa shape index (κ1) is 16.3. The molecule has 0 saturated carbocycles. The van der Waals surface area contributed by atoms with E-state index in [1.54, 1.807) is 7.11 Å². The van der Waals surface area contributed by atoms with Crippen LogP contribution in [0.2, 0.25) is 0 Å². The number of amides is 1. The molecule has 0 bridgehead atoms. The minimum Gasteiger partial charge on any atom is -0.497 e. The van der Waals surface area contributed by atoms with Gasteiger partial charge in [-0.1, -0.05) is 12.1 Å². The molecule has 0 aromatic heterocycles. The van der Waals surface area contributed by atoms with Crippen molar-refractivity contribution in [2.45, 2.75) is 44.6 Å². The molecule has 2 aliphatic rings. The second kappa shape index (κ2) is 7.82. The highest BCUT2D eigenvalue weighted by atomic mass is 16.5. The standard InChI is InChI=1S/C19H27NO3/c1-22-17-8-6-15(7-9-17)4-5-16-10-12-20(13-11-16)19(21)18-3-2-14-23-18/h6-9,16,18H,2-5,10-14H2,1H3. The second-order valence-electron chi connectivity index (χ2n) is 6.66. The molecule has 4 nitrogen and oxygen atoms in total. The smallest absolute Gasteiger partial charge is 0.251 e. The van der Waals surface area contributed by atoms with Gasteiger partial charge in [0.2, 0.25) is 0 Å². The fraction of sp³-hybridized carbons (Fsp3) is 0.632. The van der Waals surface area contributed by atoms with Gasteiger partial charge in [-0.2, -0.15) is 0 Å². The van der Waals surface area contributed by atoms with Crippen LogP contribution < -0.4 is 4.74 Å². The van der Waals surface area contributed by atoms with Gasteiger partial charge in [-0.3, -0.25) is 4.79 Å². The van der Waals surface area contributed by atoms with Gasteiger partial charge in [-0.15, -0.1) is 0 Å². The third-order valence-electron chi connectivity index (χ3n) is 5.13. The van der Waals surface area contributed by atoms with Crippen LogP contribution in [-0.2, 0) is 16.0 Å². The first-order valence-electron chi connectivity index (χ1n) is 8.79. The van der Waals surface area contributed by atoms with Crippen LogP contribution in [0, 0.1) is 5.92 Å². The van der Waals surface area contributed by atoms with Crippen molar-refractivity contribution in [3.05, 3.63) is 29.8 Å². The monoisotopic (exact) mass is 317 g/mol. The van der Waals surface area contributed by atoms with E-state index in [0.29, 0.717) is 0 Å². The van der Waals surface area contributed by atoms with E-state index < -0.39 is 0 Å². The van der Waals surface area contributed by atoms with Crippen molar-refractivity contribution in [3.8, 4) is 5.75 Å². The average Bonchev–Trinajstić information content (AvgIpc) is 3.15. The third kappa shape index (κ3) is 4.25. The number of hydrogen-bond acceptors (Lipinski definition) is 3. The van der Waals surface area contributed by atoms with Crippen molar-refractivity contribution < 1.29 is 14.3 Å². The Kier molecular flexibility index (Phi) is 5.55. The van der Waals surface area contributed by atoms with Gasteiger partial charge < -0.3 is 14.4 Å². The number of benzene rings is 1. The summed E-state index contributed by atoms with van der Waals surface area (Å²) in [5.74, 6) is 1.86. The van der Waals surface area contributed by atoms with Crippen LogP contribution in [0.1, 0.15) is 37.7 Å². The average molecular weight is 317 g/mol. The molecule has 0 spiro atoms. The maximum absolute atomic E-state index is 12.3. The lowest BCUT2D eigenvalue weighted by atomic mass is 9.90. The van der Waals surface area contributed by atoms with Gasteiger partial charge in [0.1, 0.15) is 11.9 Å². The number of rotatable bonds is 5. The molecule has 0 radical (unpaired) electrons. The van der Waals surface area contributed by atoms with Gasteiger partial charge >= 0.3 is 0 Å². The number of carbonyl (C=O) groups is 1. The fourth-order valence-electron chi connectivity index (χ4n) is 3.58. The van der Waals surface area contributed by atoms with E-state index in [9.17, 15) is 4.79 Å². The summed E-state index contributed by atoms with van der Waals surface area (Å²) >= 11 is 0. The number of likely N-dealkylation sites (tertiary alicyclic amines) is 1. The molecule has 126 valence electrons. The number of carbonyl (C=O) groups excluding carboxylic acids is 1. The van der Waals surface area contributed by atoms with E-state index in [1.165, 1.54) is 12.0 Å². The Bertz CT molecular complexity index is 500. The third-order valence-corrected chi connectivity index (χ3v) is 5.13. The van der Waals surface area contributed by atoms with Crippen LogP contribution in [-0.4, -0.2) is 43.7 Å². The summed E-state index contributed by atoms with van der Waals surface area (Å²) in [6, 6.07) is 8.35. The number of methoxy groups -OCH3 is 1. The predicted octanol–water partition coefficient (Wildman–Crippen LogP) is 3.05. The number of nitrogens with zero attached hydrogens (tertiary/aromatic N) is 1. The summed E-state index contributed by atoms with van der Waals surface area (Å²) in [7, 11) is 1.70. The molecule has 3 rings (SSSR count). The molecule has 1 unspecified atom stereocenters. The molecule has 1 aromatic carbocycles. The van der Waals surface area contributed by atoms with Crippen molar-refractivity contribution in [3.63, 3.8) is 0 Å². The molecule has 23 heavy (non-hydrogen) atoms. The molecular weight excluding hydrogens is 290 g/mol. The van der Waals surface area contributed by atoms with Crippen LogP contribution in [0.15, 0.2) is 24.3 Å². The number of hydrogen-bond donors (Lipinski definition) is 0. The van der Waals surface area contributed by atoms with E-state index in [1.807, 2.05) is 17.0 Å². The minimum absolute atomic E-state index is 0.161. The van der Waals surface area contributed by atoms with Crippen LogP contribution in [0.25, 0.3) is 0 Å². The minimum atomic E-state index is -0.161. The molecule has 1 atom stereocenters. The van der Waals surface area contributed by atoms with Gasteiger partial charge in [-0.05, 0) is 62.1 Å². The fourth-order valence-corrected chi connectivity index (χ4v) is 3.58. The molecule has 2 heterocycles. The number of aryl methyl sites for hydroxylation is 1. The summed E-state index contributed by atoms with van der Waals surface area (Å²) in [4.78, 5) is 14.3. The van der Waals surface area contributed by atoms with Crippen molar-refractivity contribution in [1.82, 2.24) is 4.90 Å². The van der Waals surface area contributed by atoms with Gasteiger partial charge in [0, 0.05) is 19.7 Å². The SMILES string of the molecule is COc1ccc(CCC2CCN(C(=O)C3CCCO3)CC2)cc1. The van der Waals surface area contributed by atoms with Gasteiger partial charge in [0.15, 0.2) is 0 Å². The lowest BCUT2D eigenvalue weighted by Gasteiger charge is -2.33. The van der Waals surface area contributed by atoms with Crippen LogP contribution in [0.3, 0.4) is 0 Å². The van der Waals surface area contributed by atoms with Crippen molar-refractivity contribution >= 4 is 5.91 Å². The lowest BCUT2D eigenvalue weighted by molar-refractivity contribution is -0.142. The van der Waals surface area contributed by atoms with Crippen LogP contribution >= 0.6 is 0 Å². The normalized spacial score (nSPS) is 22.3. The Morgan fingerprint density at radius 1 is 1.22 bits per heavy atom. The zero-order chi connectivity index (χ0) is 16.1. The predicted molar refractivity (Wildman–Crippen MR) is 89.6 cm³/mol. The van der Waals surface area contributed by atoms with Crippen molar-refractivity contribution in [2.24, 2.45) is 5.92 Å². The molecule has 2 saturated heterocycles. The van der Waals surface area contributed by atoms with E-state index in [-0.39, 0.29) is 12.0 Å². The van der Waals surface area contributed by atoms with Crippen LogP contribution in [0.5, 0.6) is 5.75 Å². The maximum atomic E-state index is 12.3. The molecular formula is C19H27NO3. The summed E-state index contributed by atoms with van der Waals surface area (Å²) < 4.78 is 10.7. The first-order chi connectivity index (χ1) is 11.3. The van der Waals surface area contributed by atoms with E-state index in [0.717, 1.165) is 63.5 Å². The van der Waals surface area contributed by atoms with Crippen LogP contribution in [0.4, 0.5) is 0 Å². The molecule has 0 N–H and O–H groups in total. The molecule has 1 aromatic rings. The number of ether oxygens (including phenoxy) is 2. The lowest BCUT2D eigenvalue weighted by Crippen LogP contribution is -2.43. The van der Waals surface area contributed by atoms with E-state index in [2.05, 4.69) is 12.1 Å². The molecule has 0 aliphatic carbocycles. The topological polar surface area (TPSA) is 38.8 Å². The number of piperidine rings is 1. The Morgan fingerprint density at radius 2 is 1.96 bits per heavy atom. The van der Waals surface area contributed by atoms with Crippen molar-refractivity contribution in [1.29, 1.82) is 0 Å². The Balaban J connectivity index is 1.41. The molecule has 4 heteroatoms. The molecule has 2 fully saturated rings. The largest absolute Gasteiger partial charge is 0.497 e. The van der Waals surface area contributed by atoms with Gasteiger partial charge in [-0.25, -0.2) is 0 Å². The second-order valence-corrected chi connectivity index (χ2v) is 6.66. The van der Waals surface area contributed by atoms with E-state index in [4.69, 9.17) is 9.47 Å². The highest BCUT2D eigenvalue weighted by molar-refractivity contribution is 5.81. The summed E-state index contributed by atoms with van der Waals surface area (Å²) in [6.45, 7) is 2.53. The highest BCUT2D eigenvalue weighted by Gasteiger charge is 2.30. The highest BCUT2D eigenvalue weighted by Crippen LogP contribution is 2.25. The zero-order valence-corrected chi connectivity index (χ0v) is 14.0. The molecule has 1 amide bonds. The van der Waals surface area contributed by atoms with Gasteiger partial charge in [0.05, 0.1) is 7.11 Å². The van der Waals surface area contributed by atoms with E-state index >= 15 is 0 Å². The molecule has 2 aliphatic heterocycles. The maximum Gasteiger partial charge on any atom is 0.251 e. The first-order valence-corrected chi connectivity index (χ1v) is 8.79. The Morgan fingerprint density at radius 3 is 2.57 bits per heavy atom. The quantitative estimate of drug-likeness (QED) is 0.838. The summed E-state index contributed by atoms with van der Waals surface area (Å²) in [6.07, 6.45) is 6.31. The zero-order valence-electron chi connectivity index (χ0n) is 14.0. The Labute approximate surface area is 138 Å². The summed E-state index contributed by atoms with van der Waals surface area (Å²) in [5, 5.41) is 0. The van der Waals surface area contributed by atoms with Crippen molar-refractivity contribution in [2.75, 3.05) is 26.8 Å². The van der Waals surface area contributed by atoms with Gasteiger partial charge in [0.25, 0.3) is 5.91 Å².